The molecular weight excluding hydrogens is 362 g/mol. The fourth-order valence-electron chi connectivity index (χ4n) is 4.34. The van der Waals surface area contributed by atoms with Gasteiger partial charge in [0.05, 0.1) is 17.3 Å². The molecule has 1 aromatic carbocycles. The van der Waals surface area contributed by atoms with Crippen LogP contribution in [0.5, 0.6) is 0 Å². The van der Waals surface area contributed by atoms with Crippen molar-refractivity contribution in [1.29, 1.82) is 0 Å². The number of likely N-dealkylation sites (tertiary alicyclic amines) is 1. The highest BCUT2D eigenvalue weighted by Gasteiger charge is 2.36. The van der Waals surface area contributed by atoms with Crippen LogP contribution in [0.4, 0.5) is 5.69 Å². The highest BCUT2D eigenvalue weighted by Crippen LogP contribution is 2.37. The summed E-state index contributed by atoms with van der Waals surface area (Å²) < 4.78 is 1.84. The second-order valence-electron chi connectivity index (χ2n) is 8.24. The number of carbonyl (C=O) groups excluding carboxylic acids is 1. The summed E-state index contributed by atoms with van der Waals surface area (Å²) in [7, 11) is 1.86. The highest BCUT2D eigenvalue weighted by atomic mass is 16.2. The van der Waals surface area contributed by atoms with Crippen LogP contribution in [0.1, 0.15) is 58.7 Å². The number of hydrogen-bond acceptors (Lipinski definition) is 4. The van der Waals surface area contributed by atoms with Crippen LogP contribution in [0.2, 0.25) is 0 Å². The predicted molar refractivity (Wildman–Crippen MR) is 115 cm³/mol. The first-order valence-corrected chi connectivity index (χ1v) is 10.3. The fraction of sp³-hybridized carbons (Fsp3) is 0.435. The van der Waals surface area contributed by atoms with Gasteiger partial charge < -0.3 is 10.2 Å². The lowest BCUT2D eigenvalue weighted by atomic mass is 9.88. The Balaban J connectivity index is 1.77. The normalized spacial score (nSPS) is 19.6. The first kappa shape index (κ1) is 19.4. The number of carbonyl (C=O) groups is 1. The van der Waals surface area contributed by atoms with Crippen LogP contribution in [-0.4, -0.2) is 39.0 Å². The number of aromatic nitrogens is 3. The van der Waals surface area contributed by atoms with E-state index in [1.807, 2.05) is 67.7 Å². The van der Waals surface area contributed by atoms with Gasteiger partial charge in [0.2, 0.25) is 0 Å². The summed E-state index contributed by atoms with van der Waals surface area (Å²) in [4.78, 5) is 20.3. The van der Waals surface area contributed by atoms with Crippen LogP contribution in [-0.2, 0) is 0 Å². The summed E-state index contributed by atoms with van der Waals surface area (Å²) in [6, 6.07) is 7.96. The molecule has 152 valence electrons. The van der Waals surface area contributed by atoms with Gasteiger partial charge in [-0.2, -0.15) is 5.10 Å². The van der Waals surface area contributed by atoms with E-state index in [1.54, 1.807) is 0 Å². The highest BCUT2D eigenvalue weighted by molar-refractivity contribution is 6.00. The number of piperidine rings is 1. The lowest BCUT2D eigenvalue weighted by Gasteiger charge is -2.39. The molecule has 0 aliphatic carbocycles. The average molecular weight is 392 g/mol. The molecule has 1 aliphatic rings. The Kier molecular flexibility index (Phi) is 5.03. The summed E-state index contributed by atoms with van der Waals surface area (Å²) in [6.07, 6.45) is 4.11. The van der Waals surface area contributed by atoms with Gasteiger partial charge in [-0.3, -0.25) is 4.79 Å². The SMILES string of the molecule is CNc1ccc(C)cc1C(=O)N1CCC[C@@H](C)[C@H]1c1cc2nc(C)c(C)cn2n1. The summed E-state index contributed by atoms with van der Waals surface area (Å²) >= 11 is 0. The third kappa shape index (κ3) is 3.48. The van der Waals surface area contributed by atoms with Crippen molar-refractivity contribution in [2.24, 2.45) is 5.92 Å². The van der Waals surface area contributed by atoms with Gasteiger partial charge in [-0.25, -0.2) is 9.50 Å². The number of fused-ring (bicyclic) bond motifs is 1. The number of benzene rings is 1. The predicted octanol–water partition coefficient (Wildman–Crippen LogP) is 4.31. The van der Waals surface area contributed by atoms with Crippen molar-refractivity contribution in [1.82, 2.24) is 19.5 Å². The summed E-state index contributed by atoms with van der Waals surface area (Å²) in [6.45, 7) is 9.03. The van der Waals surface area contributed by atoms with Gasteiger partial charge in [-0.1, -0.05) is 18.6 Å². The Morgan fingerprint density at radius 3 is 2.76 bits per heavy atom. The van der Waals surface area contributed by atoms with Crippen molar-refractivity contribution in [3.63, 3.8) is 0 Å². The topological polar surface area (TPSA) is 62.5 Å². The van der Waals surface area contributed by atoms with Crippen LogP contribution in [0.15, 0.2) is 30.5 Å². The molecule has 2 atom stereocenters. The third-order valence-electron chi connectivity index (χ3n) is 6.08. The van der Waals surface area contributed by atoms with Crippen LogP contribution < -0.4 is 5.32 Å². The molecule has 0 bridgehead atoms. The molecule has 1 aliphatic heterocycles. The Hall–Kier alpha value is -2.89. The minimum absolute atomic E-state index is 0.0521. The van der Waals surface area contributed by atoms with Crippen LogP contribution >= 0.6 is 0 Å². The Labute approximate surface area is 171 Å². The molecule has 3 heterocycles. The van der Waals surface area contributed by atoms with E-state index in [0.717, 1.165) is 58.8 Å². The quantitative estimate of drug-likeness (QED) is 0.723. The van der Waals surface area contributed by atoms with Gasteiger partial charge in [-0.15, -0.1) is 0 Å². The maximum atomic E-state index is 13.6. The third-order valence-corrected chi connectivity index (χ3v) is 6.08. The first-order valence-electron chi connectivity index (χ1n) is 10.3. The smallest absolute Gasteiger partial charge is 0.256 e. The second-order valence-corrected chi connectivity index (χ2v) is 8.24. The number of amides is 1. The molecule has 1 fully saturated rings. The lowest BCUT2D eigenvalue weighted by molar-refractivity contribution is 0.0505. The zero-order valence-corrected chi connectivity index (χ0v) is 17.9. The van der Waals surface area contributed by atoms with E-state index in [9.17, 15) is 4.79 Å². The fourth-order valence-corrected chi connectivity index (χ4v) is 4.34. The summed E-state index contributed by atoms with van der Waals surface area (Å²) in [5.41, 5.74) is 6.53. The Morgan fingerprint density at radius 2 is 2.00 bits per heavy atom. The van der Waals surface area contributed by atoms with Crippen LogP contribution in [0.25, 0.3) is 5.65 Å². The van der Waals surface area contributed by atoms with Gasteiger partial charge >= 0.3 is 0 Å². The molecule has 29 heavy (non-hydrogen) atoms. The van der Waals surface area contributed by atoms with Crippen molar-refractivity contribution in [2.45, 2.75) is 46.6 Å². The second kappa shape index (κ2) is 7.50. The number of anilines is 1. The molecule has 0 spiro atoms. The molecule has 1 N–H and O–H groups in total. The number of hydrogen-bond donors (Lipinski definition) is 1. The molecule has 0 saturated carbocycles. The maximum Gasteiger partial charge on any atom is 0.256 e. The minimum atomic E-state index is -0.0521. The first-order chi connectivity index (χ1) is 13.9. The van der Waals surface area contributed by atoms with Crippen molar-refractivity contribution >= 4 is 17.2 Å². The van der Waals surface area contributed by atoms with Gasteiger partial charge in [0, 0.05) is 37.2 Å². The number of nitrogens with one attached hydrogen (secondary N) is 1. The van der Waals surface area contributed by atoms with Gasteiger partial charge in [-0.05, 0) is 57.2 Å². The van der Waals surface area contributed by atoms with Gasteiger partial charge in [0.1, 0.15) is 0 Å². The average Bonchev–Trinajstić information content (AvgIpc) is 3.09. The van der Waals surface area contributed by atoms with Crippen LogP contribution in [0, 0.1) is 26.7 Å². The largest absolute Gasteiger partial charge is 0.387 e. The zero-order chi connectivity index (χ0) is 20.7. The molecule has 4 rings (SSSR count). The molecule has 1 amide bonds. The summed E-state index contributed by atoms with van der Waals surface area (Å²) in [5.74, 6) is 0.398. The van der Waals surface area contributed by atoms with E-state index in [1.165, 1.54) is 0 Å². The van der Waals surface area contributed by atoms with E-state index in [-0.39, 0.29) is 11.9 Å². The minimum Gasteiger partial charge on any atom is -0.387 e. The molecule has 0 radical (unpaired) electrons. The molecule has 6 heteroatoms. The van der Waals surface area contributed by atoms with E-state index in [2.05, 4.69) is 17.2 Å². The maximum absolute atomic E-state index is 13.6. The molecule has 6 nitrogen and oxygen atoms in total. The molecule has 3 aromatic rings. The Morgan fingerprint density at radius 1 is 1.21 bits per heavy atom. The number of rotatable bonds is 3. The molecule has 0 unspecified atom stereocenters. The van der Waals surface area contributed by atoms with E-state index in [0.29, 0.717) is 5.92 Å². The van der Waals surface area contributed by atoms with Gasteiger partial charge in [0.15, 0.2) is 5.65 Å². The number of aryl methyl sites for hydroxylation is 3. The number of nitrogens with zero attached hydrogens (tertiary/aromatic N) is 4. The van der Waals surface area contributed by atoms with Crippen molar-refractivity contribution in [3.05, 3.63) is 58.5 Å². The Bertz CT molecular complexity index is 1030. The van der Waals surface area contributed by atoms with Crippen molar-refractivity contribution in [2.75, 3.05) is 18.9 Å². The molecule has 1 saturated heterocycles. The lowest BCUT2D eigenvalue weighted by Crippen LogP contribution is -2.42. The molecular formula is C23H29N5O. The van der Waals surface area contributed by atoms with Crippen LogP contribution in [0.3, 0.4) is 0 Å². The van der Waals surface area contributed by atoms with Crippen molar-refractivity contribution in [3.8, 4) is 0 Å². The molecule has 2 aromatic heterocycles. The standard InChI is InChI=1S/C23H29N5O/c1-14-8-9-19(24-5)18(11-14)23(29)27-10-6-7-15(2)22(27)20-12-21-25-17(4)16(3)13-28(21)26-20/h8-9,11-13,15,22,24H,6-7,10H2,1-5H3/t15-,22+/m1/s1. The monoisotopic (exact) mass is 391 g/mol. The summed E-state index contributed by atoms with van der Waals surface area (Å²) in [5, 5.41) is 7.99. The van der Waals surface area contributed by atoms with E-state index in [4.69, 9.17) is 5.10 Å². The zero-order valence-electron chi connectivity index (χ0n) is 17.9. The van der Waals surface area contributed by atoms with Crippen molar-refractivity contribution < 1.29 is 4.79 Å². The van der Waals surface area contributed by atoms with Gasteiger partial charge in [0.25, 0.3) is 5.91 Å². The van der Waals surface area contributed by atoms with E-state index < -0.39 is 0 Å². The van der Waals surface area contributed by atoms with E-state index >= 15 is 0 Å².